The van der Waals surface area contributed by atoms with E-state index in [9.17, 15) is 41.0 Å². The Balaban J connectivity index is 1.34. The van der Waals surface area contributed by atoms with E-state index in [1.807, 2.05) is 24.3 Å². The van der Waals surface area contributed by atoms with Crippen molar-refractivity contribution in [2.24, 2.45) is 5.92 Å². The predicted octanol–water partition coefficient (Wildman–Crippen LogP) is 7.90. The van der Waals surface area contributed by atoms with Crippen LogP contribution in [0.5, 0.6) is 11.5 Å². The van der Waals surface area contributed by atoms with Crippen molar-refractivity contribution in [2.75, 3.05) is 26.7 Å². The number of ether oxygens (including phenoxy) is 2. The van der Waals surface area contributed by atoms with Crippen LogP contribution in [0.1, 0.15) is 91.2 Å². The number of pyridine rings is 1. The molecule has 1 saturated carbocycles. The van der Waals surface area contributed by atoms with E-state index in [0.717, 1.165) is 35.3 Å². The van der Waals surface area contributed by atoms with Crippen LogP contribution >= 0.6 is 11.3 Å². The molecule has 57 heavy (non-hydrogen) atoms. The number of aromatic nitrogens is 1. The molecule has 2 saturated heterocycles. The second-order valence-corrected chi connectivity index (χ2v) is 16.0. The number of benzene rings is 1. The van der Waals surface area contributed by atoms with Crippen molar-refractivity contribution in [2.45, 2.75) is 100 Å². The average molecular weight is 824 g/mol. The first-order valence-corrected chi connectivity index (χ1v) is 19.8. The molecule has 1 aliphatic carbocycles. The number of carboxylic acid groups (broad SMARTS) is 1. The van der Waals surface area contributed by atoms with Gasteiger partial charge < -0.3 is 24.4 Å². The number of piperidine rings is 2. The molecule has 1 aromatic carbocycles. The fourth-order valence-electron chi connectivity index (χ4n) is 8.68. The molecule has 0 radical (unpaired) electrons. The van der Waals surface area contributed by atoms with Gasteiger partial charge in [-0.2, -0.15) is 26.3 Å². The van der Waals surface area contributed by atoms with Crippen molar-refractivity contribution < 1.29 is 59.9 Å². The summed E-state index contributed by atoms with van der Waals surface area (Å²) in [5.74, 6) is -2.69. The van der Waals surface area contributed by atoms with Crippen molar-refractivity contribution in [3.63, 3.8) is 0 Å². The molecule has 2 aliphatic heterocycles. The number of carbonyl (C=O) groups excluding carboxylic acids is 2. The summed E-state index contributed by atoms with van der Waals surface area (Å²) >= 11 is 0.385. The third-order valence-electron chi connectivity index (χ3n) is 11.5. The Hall–Kier alpha value is -4.67. The topological polar surface area (TPSA) is 112 Å². The van der Waals surface area contributed by atoms with E-state index in [1.54, 1.807) is 23.4 Å². The molecule has 2 amide bonds. The lowest BCUT2D eigenvalue weighted by Crippen LogP contribution is -2.69. The molecule has 4 unspecified atom stereocenters. The first-order chi connectivity index (χ1) is 26.9. The summed E-state index contributed by atoms with van der Waals surface area (Å²) in [6, 6.07) is 8.86. The third-order valence-corrected chi connectivity index (χ3v) is 12.5. The molecular weight excluding hydrogens is 779 g/mol. The lowest BCUT2D eigenvalue weighted by atomic mass is 9.77. The summed E-state index contributed by atoms with van der Waals surface area (Å²) < 4.78 is 98.3. The van der Waals surface area contributed by atoms with Crippen LogP contribution < -0.4 is 9.47 Å². The van der Waals surface area contributed by atoms with Crippen LogP contribution in [0.15, 0.2) is 54.0 Å². The highest BCUT2D eigenvalue weighted by atomic mass is 32.1. The van der Waals surface area contributed by atoms with E-state index >= 15 is 4.79 Å². The molecule has 3 aromatic rings. The maximum atomic E-state index is 15.1. The number of hydrogen-bond acceptors (Lipinski definition) is 7. The number of alkyl halides is 6. The molecule has 1 N–H and O–H groups in total. The molecule has 308 valence electrons. The van der Waals surface area contributed by atoms with Crippen LogP contribution in [-0.2, 0) is 27.5 Å². The first kappa shape index (κ1) is 41.9. The minimum Gasteiger partial charge on any atom is -0.490 e. The van der Waals surface area contributed by atoms with Gasteiger partial charge in [-0.15, -0.1) is 11.3 Å². The van der Waals surface area contributed by atoms with Crippen LogP contribution in [0.4, 0.5) is 26.3 Å². The van der Waals surface area contributed by atoms with E-state index in [0.29, 0.717) is 55.6 Å². The molecule has 10 nitrogen and oxygen atoms in total. The summed E-state index contributed by atoms with van der Waals surface area (Å²) in [6.45, 7) is 6.24. The molecule has 0 bridgehead atoms. The van der Waals surface area contributed by atoms with Crippen LogP contribution in [0.25, 0.3) is 0 Å². The highest BCUT2D eigenvalue weighted by Crippen LogP contribution is 2.46. The Morgan fingerprint density at radius 2 is 1.74 bits per heavy atom. The molecule has 0 spiro atoms. The summed E-state index contributed by atoms with van der Waals surface area (Å²) in [4.78, 5) is 46.5. The van der Waals surface area contributed by atoms with Gasteiger partial charge in [0.25, 0.3) is 11.8 Å². The zero-order valence-corrected chi connectivity index (χ0v) is 32.4. The smallest absolute Gasteiger partial charge is 0.425 e. The summed E-state index contributed by atoms with van der Waals surface area (Å²) in [5.41, 5.74) is -4.01. The van der Waals surface area contributed by atoms with E-state index in [1.165, 1.54) is 4.90 Å². The van der Waals surface area contributed by atoms with Gasteiger partial charge in [0.15, 0.2) is 5.54 Å². The average Bonchev–Trinajstić information content (AvgIpc) is 3.85. The van der Waals surface area contributed by atoms with Crippen molar-refractivity contribution in [3.05, 3.63) is 75.7 Å². The Morgan fingerprint density at radius 3 is 2.35 bits per heavy atom. The van der Waals surface area contributed by atoms with Gasteiger partial charge in [0, 0.05) is 56.5 Å². The van der Waals surface area contributed by atoms with Gasteiger partial charge in [0.05, 0.1) is 29.2 Å². The standard InChI is InChI=1S/C40H44F6N4O6S/c1-4-9-31-38(56-27-23-32(57-24-27)40(44,45)46,15-8-19-50(31)34(51)33-29(39(41,42)43)11-7-18-47-33)36(54)49-20-16-37(17-21-49,48(2)3)28-10-5-6-12-30(28)55-26-14-13-25(22-26)35(52)53/h5-7,10-12,18,23-26,31H,2,4,8-9,13-17,19-22H2,1,3H3/p+1. The minimum absolute atomic E-state index is 0.0158. The van der Waals surface area contributed by atoms with Gasteiger partial charge in [0.2, 0.25) is 5.60 Å². The molecule has 17 heteroatoms. The summed E-state index contributed by atoms with van der Waals surface area (Å²) in [5, 5.41) is 10.7. The van der Waals surface area contributed by atoms with Crippen LogP contribution in [0.2, 0.25) is 0 Å². The normalized spacial score (nSPS) is 23.9. The maximum absolute atomic E-state index is 15.1. The Labute approximate surface area is 330 Å². The van der Waals surface area contributed by atoms with E-state index in [2.05, 4.69) is 11.7 Å². The highest BCUT2D eigenvalue weighted by molar-refractivity contribution is 7.10. The predicted molar refractivity (Wildman–Crippen MR) is 198 cm³/mol. The number of carboxylic acids is 1. The zero-order valence-electron chi connectivity index (χ0n) is 31.6. The Bertz CT molecular complexity index is 1980. The van der Waals surface area contributed by atoms with Gasteiger partial charge in [-0.25, -0.2) is 4.58 Å². The van der Waals surface area contributed by atoms with E-state index in [-0.39, 0.29) is 50.8 Å². The lowest BCUT2D eigenvalue weighted by molar-refractivity contribution is -0.591. The van der Waals surface area contributed by atoms with Gasteiger partial charge in [-0.1, -0.05) is 25.5 Å². The highest BCUT2D eigenvalue weighted by Gasteiger charge is 2.57. The molecule has 3 fully saturated rings. The third kappa shape index (κ3) is 8.35. The quantitative estimate of drug-likeness (QED) is 0.119. The minimum atomic E-state index is -4.91. The fourth-order valence-corrected chi connectivity index (χ4v) is 9.36. The number of thiophene rings is 1. The Kier molecular flexibility index (Phi) is 12.0. The molecule has 2 aromatic heterocycles. The largest absolute Gasteiger partial charge is 0.490 e. The number of nitrogens with zero attached hydrogens (tertiary/aromatic N) is 4. The van der Waals surface area contributed by atoms with Gasteiger partial charge >= 0.3 is 18.3 Å². The summed E-state index contributed by atoms with van der Waals surface area (Å²) in [7, 11) is 1.80. The van der Waals surface area contributed by atoms with Gasteiger partial charge in [-0.05, 0) is 56.4 Å². The SMILES string of the molecule is C=[N+](C)C1(c2ccccc2OC2CCC(C(=O)O)C2)CCN(C(=O)C2(Oc3csc(C(F)(F)F)c3)CCCN(C(=O)c3ncccc3C(F)(F)F)C2CCC)CC1. The molecule has 4 atom stereocenters. The second-order valence-electron chi connectivity index (χ2n) is 15.0. The second kappa shape index (κ2) is 16.3. The number of halogens is 6. The van der Waals surface area contributed by atoms with Crippen molar-refractivity contribution in [1.29, 1.82) is 0 Å². The number of aliphatic carboxylic acids is 1. The van der Waals surface area contributed by atoms with Crippen molar-refractivity contribution >= 4 is 35.8 Å². The van der Waals surface area contributed by atoms with Crippen LogP contribution in [-0.4, -0.2) is 93.4 Å². The number of hydrogen-bond donors (Lipinski definition) is 1. The molecular formula is C40H45F6N4O6S+. The molecule has 4 heterocycles. The summed E-state index contributed by atoms with van der Waals surface area (Å²) in [6.07, 6.45) is -6.19. The molecule has 6 rings (SSSR count). The van der Waals surface area contributed by atoms with Crippen LogP contribution in [0, 0.1) is 5.92 Å². The Morgan fingerprint density at radius 1 is 1.02 bits per heavy atom. The van der Waals surface area contributed by atoms with Gasteiger partial charge in [0.1, 0.15) is 35.8 Å². The number of carbonyl (C=O) groups is 3. The monoisotopic (exact) mass is 823 g/mol. The van der Waals surface area contributed by atoms with Crippen molar-refractivity contribution in [3.8, 4) is 11.5 Å². The van der Waals surface area contributed by atoms with E-state index < -0.39 is 69.4 Å². The van der Waals surface area contributed by atoms with Crippen molar-refractivity contribution in [1.82, 2.24) is 14.8 Å². The molecule has 3 aliphatic rings. The fraction of sp³-hybridized carbons (Fsp3) is 0.525. The lowest BCUT2D eigenvalue weighted by Gasteiger charge is -2.51. The number of para-hydroxylation sites is 1. The first-order valence-electron chi connectivity index (χ1n) is 18.9. The maximum Gasteiger partial charge on any atom is 0.425 e. The number of amides is 2. The van der Waals surface area contributed by atoms with Crippen LogP contribution in [0.3, 0.4) is 0 Å². The number of rotatable bonds is 11. The zero-order chi connectivity index (χ0) is 41.3. The van der Waals surface area contributed by atoms with E-state index in [4.69, 9.17) is 9.47 Å². The van der Waals surface area contributed by atoms with Gasteiger partial charge in [-0.3, -0.25) is 19.4 Å². The number of likely N-dealkylation sites (tertiary alicyclic amines) is 2.